The molecule has 1 aliphatic carbocycles. The second-order valence-corrected chi connectivity index (χ2v) is 6.21. The summed E-state index contributed by atoms with van der Waals surface area (Å²) in [4.78, 5) is 0. The van der Waals surface area contributed by atoms with Crippen LogP contribution in [0.3, 0.4) is 0 Å². The van der Waals surface area contributed by atoms with Gasteiger partial charge in [0.2, 0.25) is 0 Å². The summed E-state index contributed by atoms with van der Waals surface area (Å²) in [5.41, 5.74) is 2.01. The van der Waals surface area contributed by atoms with Gasteiger partial charge in [0.25, 0.3) is 0 Å². The highest BCUT2D eigenvalue weighted by Gasteiger charge is 2.34. The van der Waals surface area contributed by atoms with E-state index in [-0.39, 0.29) is 6.04 Å². The molecule has 3 nitrogen and oxygen atoms in total. The average Bonchev–Trinajstić information content (AvgIpc) is 3.17. The van der Waals surface area contributed by atoms with E-state index < -0.39 is 0 Å². The van der Waals surface area contributed by atoms with Crippen molar-refractivity contribution in [3.05, 3.63) is 67.0 Å². The van der Waals surface area contributed by atoms with Crippen LogP contribution in [-0.2, 0) is 0 Å². The minimum absolute atomic E-state index is 0.194. The minimum Gasteiger partial charge on any atom is -0.248 e. The van der Waals surface area contributed by atoms with E-state index in [9.17, 15) is 0 Å². The molecule has 1 fully saturated rings. The number of benzene rings is 1. The molecule has 5 radical (unpaired) electrons. The predicted molar refractivity (Wildman–Crippen MR) is 87.7 cm³/mol. The van der Waals surface area contributed by atoms with Gasteiger partial charge in [0.05, 0.1) is 12.2 Å². The van der Waals surface area contributed by atoms with Crippen LogP contribution in [0.2, 0.25) is 0 Å². The molecule has 0 bridgehead atoms. The van der Waals surface area contributed by atoms with Gasteiger partial charge in [-0.15, -0.1) is 5.10 Å². The zero-order valence-electron chi connectivity index (χ0n) is 12.2. The Morgan fingerprint density at radius 2 is 2.00 bits per heavy atom. The SMILES string of the molecule is CCS[C]1[CH][CH][CH][C]1[C@H](C)n1cc(-c2ccccc2)nn1. The molecule has 2 aromatic rings. The highest BCUT2D eigenvalue weighted by molar-refractivity contribution is 8.02. The van der Waals surface area contributed by atoms with Crippen molar-refractivity contribution in [2.24, 2.45) is 0 Å². The van der Waals surface area contributed by atoms with Gasteiger partial charge in [-0.1, -0.05) is 42.5 Å². The summed E-state index contributed by atoms with van der Waals surface area (Å²) >= 11 is 1.87. The van der Waals surface area contributed by atoms with E-state index >= 15 is 0 Å². The van der Waals surface area contributed by atoms with E-state index in [0.717, 1.165) is 17.0 Å². The topological polar surface area (TPSA) is 30.7 Å². The van der Waals surface area contributed by atoms with Crippen molar-refractivity contribution in [3.8, 4) is 11.3 Å². The van der Waals surface area contributed by atoms with Gasteiger partial charge in [0.15, 0.2) is 0 Å². The molecular weight excluding hydrogens is 278 g/mol. The summed E-state index contributed by atoms with van der Waals surface area (Å²) < 4.78 is 1.94. The predicted octanol–water partition coefficient (Wildman–Crippen LogP) is 3.99. The molecule has 1 saturated carbocycles. The summed E-state index contributed by atoms with van der Waals surface area (Å²) in [6.45, 7) is 4.34. The lowest BCUT2D eigenvalue weighted by Gasteiger charge is -2.23. The number of thioether (sulfide) groups is 1. The Morgan fingerprint density at radius 1 is 1.19 bits per heavy atom. The molecule has 0 N–H and O–H groups in total. The zero-order chi connectivity index (χ0) is 14.7. The summed E-state index contributed by atoms with van der Waals surface area (Å²) in [5, 5.41) is 9.94. The average molecular weight is 296 g/mol. The highest BCUT2D eigenvalue weighted by atomic mass is 32.2. The molecule has 4 heteroatoms. The van der Waals surface area contributed by atoms with Gasteiger partial charge in [-0.25, -0.2) is 4.68 Å². The Labute approximate surface area is 131 Å². The Bertz CT molecular complexity index is 566. The van der Waals surface area contributed by atoms with Crippen molar-refractivity contribution in [2.45, 2.75) is 19.9 Å². The van der Waals surface area contributed by atoms with E-state index in [1.165, 1.54) is 11.2 Å². The fourth-order valence-corrected chi connectivity index (χ4v) is 3.29. The minimum atomic E-state index is 0.194. The van der Waals surface area contributed by atoms with Crippen molar-refractivity contribution in [3.63, 3.8) is 0 Å². The Morgan fingerprint density at radius 3 is 2.76 bits per heavy atom. The lowest BCUT2D eigenvalue weighted by Crippen LogP contribution is -2.17. The van der Waals surface area contributed by atoms with Crippen molar-refractivity contribution >= 4 is 11.8 Å². The van der Waals surface area contributed by atoms with Gasteiger partial charge < -0.3 is 0 Å². The van der Waals surface area contributed by atoms with Crippen LogP contribution >= 0.6 is 11.8 Å². The number of rotatable bonds is 5. The zero-order valence-corrected chi connectivity index (χ0v) is 13.0. The summed E-state index contributed by atoms with van der Waals surface area (Å²) in [6.07, 6.45) is 8.48. The van der Waals surface area contributed by atoms with Crippen LogP contribution in [0, 0.1) is 30.4 Å². The molecule has 0 spiro atoms. The largest absolute Gasteiger partial charge is 0.248 e. The molecule has 0 amide bonds. The molecule has 0 aliphatic heterocycles. The normalized spacial score (nSPS) is 18.2. The highest BCUT2D eigenvalue weighted by Crippen LogP contribution is 2.46. The lowest BCUT2D eigenvalue weighted by molar-refractivity contribution is 0.506. The van der Waals surface area contributed by atoms with E-state index in [4.69, 9.17) is 0 Å². The van der Waals surface area contributed by atoms with Gasteiger partial charge in [-0.2, -0.15) is 11.8 Å². The third-order valence-electron chi connectivity index (χ3n) is 3.53. The van der Waals surface area contributed by atoms with E-state index in [1.54, 1.807) is 0 Å². The quantitative estimate of drug-likeness (QED) is 0.836. The second kappa shape index (κ2) is 6.65. The second-order valence-electron chi connectivity index (χ2n) is 4.90. The number of hydrogen-bond acceptors (Lipinski definition) is 3. The van der Waals surface area contributed by atoms with Crippen LogP contribution in [0.5, 0.6) is 0 Å². The van der Waals surface area contributed by atoms with Gasteiger partial charge in [-0.05, 0) is 31.9 Å². The maximum absolute atomic E-state index is 4.31. The Hall–Kier alpha value is -1.29. The van der Waals surface area contributed by atoms with Crippen LogP contribution in [0.1, 0.15) is 19.9 Å². The van der Waals surface area contributed by atoms with Gasteiger partial charge in [0.1, 0.15) is 5.69 Å². The first-order chi connectivity index (χ1) is 10.3. The fourth-order valence-electron chi connectivity index (χ4n) is 2.40. The van der Waals surface area contributed by atoms with Crippen LogP contribution in [0.25, 0.3) is 11.3 Å². The van der Waals surface area contributed by atoms with Crippen LogP contribution in [0.4, 0.5) is 0 Å². The molecule has 1 aromatic heterocycles. The summed E-state index contributed by atoms with van der Waals surface area (Å²) in [5.74, 6) is 2.39. The van der Waals surface area contributed by atoms with Gasteiger partial charge >= 0.3 is 0 Å². The molecule has 0 unspecified atom stereocenters. The van der Waals surface area contributed by atoms with Gasteiger partial charge in [0, 0.05) is 16.7 Å². The number of hydrogen-bond donors (Lipinski definition) is 0. The van der Waals surface area contributed by atoms with E-state index in [2.05, 4.69) is 55.6 Å². The fraction of sp³-hybridized carbons (Fsp3) is 0.235. The third kappa shape index (κ3) is 3.15. The first-order valence-electron chi connectivity index (χ1n) is 7.15. The Kier molecular flexibility index (Phi) is 4.63. The van der Waals surface area contributed by atoms with Crippen molar-refractivity contribution in [1.82, 2.24) is 15.0 Å². The molecule has 3 rings (SSSR count). The summed E-state index contributed by atoms with van der Waals surface area (Å²) in [6, 6.07) is 10.4. The van der Waals surface area contributed by atoms with Crippen LogP contribution < -0.4 is 0 Å². The molecule has 1 aromatic carbocycles. The van der Waals surface area contributed by atoms with Crippen LogP contribution in [-0.4, -0.2) is 20.7 Å². The van der Waals surface area contributed by atoms with Gasteiger partial charge in [-0.3, -0.25) is 0 Å². The first-order valence-corrected chi connectivity index (χ1v) is 8.13. The Balaban J connectivity index is 1.76. The smallest absolute Gasteiger partial charge is 0.113 e. The molecule has 1 atom stereocenters. The molecule has 0 saturated heterocycles. The number of nitrogens with zero attached hydrogens (tertiary/aromatic N) is 3. The van der Waals surface area contributed by atoms with Crippen molar-refractivity contribution < 1.29 is 0 Å². The maximum atomic E-state index is 4.31. The molecular formula is C17H18N3S. The maximum Gasteiger partial charge on any atom is 0.113 e. The molecule has 1 heterocycles. The van der Waals surface area contributed by atoms with E-state index in [0.29, 0.717) is 0 Å². The van der Waals surface area contributed by atoms with Crippen molar-refractivity contribution in [2.75, 3.05) is 5.75 Å². The standard InChI is InChI=1S/C17H18N3S/c1-3-21-17-11-7-10-15(17)13(2)20-12-16(18-19-20)14-8-5-4-6-9-14/h4-13H,3H2,1-2H3/t13-/m0/s1. The molecule has 1 aliphatic rings. The summed E-state index contributed by atoms with van der Waals surface area (Å²) in [7, 11) is 0. The first kappa shape index (κ1) is 14.6. The van der Waals surface area contributed by atoms with E-state index in [1.807, 2.05) is 40.8 Å². The van der Waals surface area contributed by atoms with Crippen LogP contribution in [0.15, 0.2) is 36.5 Å². The molecule has 107 valence electrons. The monoisotopic (exact) mass is 296 g/mol. The number of aromatic nitrogens is 3. The molecule has 21 heavy (non-hydrogen) atoms. The van der Waals surface area contributed by atoms with Crippen molar-refractivity contribution in [1.29, 1.82) is 0 Å². The third-order valence-corrected chi connectivity index (χ3v) is 4.51. The lowest BCUT2D eigenvalue weighted by atomic mass is 9.99.